The van der Waals surface area contributed by atoms with Crippen LogP contribution in [0.1, 0.15) is 53.4 Å². The van der Waals surface area contributed by atoms with Crippen LogP contribution >= 0.6 is 0 Å². The van der Waals surface area contributed by atoms with E-state index in [1.165, 1.54) is 31.7 Å². The monoisotopic (exact) mass is 326 g/mol. The van der Waals surface area contributed by atoms with Crippen LogP contribution in [0.15, 0.2) is 16.7 Å². The summed E-state index contributed by atoms with van der Waals surface area (Å²) >= 11 is 0. The Morgan fingerprint density at radius 1 is 1.10 bits per heavy atom. The molecule has 1 unspecified atom stereocenters. The van der Waals surface area contributed by atoms with Crippen molar-refractivity contribution < 1.29 is 21.7 Å². The molecule has 2 heteroatoms. The van der Waals surface area contributed by atoms with E-state index < -0.39 is 0 Å². The molecule has 0 spiro atoms. The molecule has 20 heavy (non-hydrogen) atoms. The van der Waals surface area contributed by atoms with E-state index in [1.54, 1.807) is 16.7 Å². The fourth-order valence-corrected chi connectivity index (χ4v) is 4.95. The van der Waals surface area contributed by atoms with Crippen molar-refractivity contribution in [2.75, 3.05) is 0 Å². The molecule has 0 nitrogen and oxygen atoms in total. The van der Waals surface area contributed by atoms with E-state index in [0.717, 1.165) is 5.92 Å². The standard InChI is InChI=1S/C15H25Si.3CH3.Ti/c1-11-9-12-7-5-6-8-13(12)14(11)10-16-15(2,3)4;;;;/h14H,5-8,10,16H2,1-4H3;3*1H3;/q4*-1;+4. The van der Waals surface area contributed by atoms with Gasteiger partial charge in [-0.25, -0.2) is 17.2 Å². The molecule has 2 rings (SSSR count). The smallest absolute Gasteiger partial charge is 0.358 e. The Balaban J connectivity index is -0.000000722. The van der Waals surface area contributed by atoms with Crippen LogP contribution in [0, 0.1) is 34.3 Å². The fraction of sp³-hybridized carbons (Fsp3) is 0.611. The molecule has 114 valence electrons. The molecule has 0 amide bonds. The summed E-state index contributed by atoms with van der Waals surface area (Å²) in [6, 6.07) is 1.47. The SMILES string of the molecule is CC1=[C-]C2=C(CCCC2)C1C[SiH2]C(C)(C)C.[CH3-].[CH3-].[CH3-].[Ti+4]. The van der Waals surface area contributed by atoms with Gasteiger partial charge in [-0.05, 0) is 5.04 Å². The van der Waals surface area contributed by atoms with Crippen molar-refractivity contribution in [2.45, 2.75) is 64.5 Å². The summed E-state index contributed by atoms with van der Waals surface area (Å²) < 4.78 is 0. The van der Waals surface area contributed by atoms with Crippen molar-refractivity contribution in [3.63, 3.8) is 0 Å². The maximum atomic E-state index is 3.66. The normalized spacial score (nSPS) is 21.2. The third kappa shape index (κ3) is 6.45. The largest absolute Gasteiger partial charge is 4.00 e. The third-order valence-electron chi connectivity index (χ3n) is 3.98. The minimum absolute atomic E-state index is 0. The molecular weight excluding hydrogens is 292 g/mol. The van der Waals surface area contributed by atoms with Gasteiger partial charge in [0.2, 0.25) is 0 Å². The summed E-state index contributed by atoms with van der Waals surface area (Å²) in [6.07, 6.45) is 9.14. The van der Waals surface area contributed by atoms with Crippen molar-refractivity contribution in [3.8, 4) is 0 Å². The molecule has 0 fully saturated rings. The molecule has 0 aromatic heterocycles. The van der Waals surface area contributed by atoms with Crippen molar-refractivity contribution >= 4 is 9.52 Å². The van der Waals surface area contributed by atoms with Crippen LogP contribution < -0.4 is 0 Å². The Kier molecular flexibility index (Phi) is 12.9. The van der Waals surface area contributed by atoms with Gasteiger partial charge in [-0.1, -0.05) is 65.3 Å². The molecule has 0 aromatic carbocycles. The Morgan fingerprint density at radius 3 is 2.20 bits per heavy atom. The van der Waals surface area contributed by atoms with E-state index in [-0.39, 0.29) is 53.5 Å². The Hall–Kier alpha value is 0.411. The van der Waals surface area contributed by atoms with Crippen LogP contribution in [0.25, 0.3) is 0 Å². The quantitative estimate of drug-likeness (QED) is 0.471. The molecule has 0 N–H and O–H groups in total. The van der Waals surface area contributed by atoms with Crippen molar-refractivity contribution in [1.29, 1.82) is 0 Å². The van der Waals surface area contributed by atoms with E-state index in [9.17, 15) is 0 Å². The molecule has 2 aliphatic rings. The molecule has 0 aromatic rings. The van der Waals surface area contributed by atoms with Crippen LogP contribution in [0.4, 0.5) is 0 Å². The van der Waals surface area contributed by atoms with Gasteiger partial charge in [0, 0.05) is 9.52 Å². The Bertz CT molecular complexity index is 334. The maximum Gasteiger partial charge on any atom is 4.00 e. The first-order chi connectivity index (χ1) is 7.47. The van der Waals surface area contributed by atoms with Gasteiger partial charge in [0.1, 0.15) is 0 Å². The molecule has 2 aliphatic carbocycles. The van der Waals surface area contributed by atoms with Crippen molar-refractivity contribution in [3.05, 3.63) is 45.1 Å². The molecule has 1 atom stereocenters. The van der Waals surface area contributed by atoms with E-state index in [0.29, 0.717) is 5.04 Å². The van der Waals surface area contributed by atoms with Gasteiger partial charge in [-0.15, -0.1) is 0 Å². The maximum absolute atomic E-state index is 3.66. The van der Waals surface area contributed by atoms with E-state index >= 15 is 0 Å². The van der Waals surface area contributed by atoms with Crippen molar-refractivity contribution in [1.82, 2.24) is 0 Å². The number of allylic oxidation sites excluding steroid dienone is 4. The first-order valence-electron chi connectivity index (χ1n) is 6.80. The van der Waals surface area contributed by atoms with E-state index in [2.05, 4.69) is 33.8 Å². The zero-order valence-corrected chi connectivity index (χ0v) is 17.8. The summed E-state index contributed by atoms with van der Waals surface area (Å²) in [5, 5.41) is 0.609. The second-order valence-electron chi connectivity index (χ2n) is 6.67. The average Bonchev–Trinajstić information content (AvgIpc) is 2.49. The summed E-state index contributed by atoms with van der Waals surface area (Å²) in [5.74, 6) is 0.807. The van der Waals surface area contributed by atoms with Gasteiger partial charge in [-0.3, -0.25) is 0 Å². The van der Waals surface area contributed by atoms with Crippen LogP contribution in [0.5, 0.6) is 0 Å². The number of rotatable bonds is 2. The molecule has 0 aliphatic heterocycles. The summed E-state index contributed by atoms with van der Waals surface area (Å²) in [6.45, 7) is 9.54. The predicted molar refractivity (Wildman–Crippen MR) is 93.7 cm³/mol. The third-order valence-corrected chi connectivity index (χ3v) is 6.35. The molecule has 0 radical (unpaired) electrons. The van der Waals surface area contributed by atoms with Gasteiger partial charge in [-0.2, -0.15) is 5.57 Å². The minimum atomic E-state index is 0. The number of hydrogen-bond donors (Lipinski definition) is 0. The second-order valence-corrected chi connectivity index (χ2v) is 9.87. The molecule has 0 saturated heterocycles. The summed E-state index contributed by atoms with van der Waals surface area (Å²) in [7, 11) is 0.0461. The van der Waals surface area contributed by atoms with Crippen LogP contribution in [0.3, 0.4) is 0 Å². The first kappa shape index (κ1) is 25.4. The van der Waals surface area contributed by atoms with Gasteiger partial charge in [0.05, 0.1) is 0 Å². The summed E-state index contributed by atoms with van der Waals surface area (Å²) in [4.78, 5) is 0. The molecule has 0 heterocycles. The Morgan fingerprint density at radius 2 is 1.65 bits per heavy atom. The van der Waals surface area contributed by atoms with Crippen LogP contribution in [0.2, 0.25) is 11.1 Å². The van der Waals surface area contributed by atoms with Gasteiger partial charge < -0.3 is 22.3 Å². The van der Waals surface area contributed by atoms with E-state index in [4.69, 9.17) is 0 Å². The zero-order valence-electron chi connectivity index (χ0n) is 14.8. The van der Waals surface area contributed by atoms with Crippen LogP contribution in [-0.4, -0.2) is 9.52 Å². The average molecular weight is 326 g/mol. The van der Waals surface area contributed by atoms with Gasteiger partial charge in [0.15, 0.2) is 0 Å². The topological polar surface area (TPSA) is 0 Å². The predicted octanol–water partition coefficient (Wildman–Crippen LogP) is 5.39. The molecule has 0 bridgehead atoms. The molecular formula is C18H34SiTi. The number of hydrogen-bond acceptors (Lipinski definition) is 0. The first-order valence-corrected chi connectivity index (χ1v) is 8.50. The molecule has 0 saturated carbocycles. The van der Waals surface area contributed by atoms with Gasteiger partial charge >= 0.3 is 21.7 Å². The Labute approximate surface area is 146 Å². The van der Waals surface area contributed by atoms with Gasteiger partial charge in [0.25, 0.3) is 0 Å². The zero-order chi connectivity index (χ0) is 11.8. The summed E-state index contributed by atoms with van der Waals surface area (Å²) in [5.41, 5.74) is 4.92. The minimum Gasteiger partial charge on any atom is -0.358 e. The van der Waals surface area contributed by atoms with Crippen molar-refractivity contribution in [2.24, 2.45) is 5.92 Å². The fourth-order valence-electron chi connectivity index (χ4n) is 3.01. The van der Waals surface area contributed by atoms with Crippen LogP contribution in [-0.2, 0) is 21.7 Å². The second kappa shape index (κ2) is 10.2. The van der Waals surface area contributed by atoms with E-state index in [1.807, 2.05) is 0 Å².